The van der Waals surface area contributed by atoms with Crippen LogP contribution >= 0.6 is 11.6 Å². The molecule has 1 N–H and O–H groups in total. The number of nitrogens with one attached hydrogen (secondary N) is 1. The van der Waals surface area contributed by atoms with Crippen LogP contribution in [0.1, 0.15) is 23.3 Å². The summed E-state index contributed by atoms with van der Waals surface area (Å²) in [6.07, 6.45) is 3.60. The molecule has 0 amide bonds. The van der Waals surface area contributed by atoms with Crippen molar-refractivity contribution in [1.82, 2.24) is 20.4 Å². The quantitative estimate of drug-likeness (QED) is 0.873. The van der Waals surface area contributed by atoms with Crippen LogP contribution in [0.15, 0.2) is 16.7 Å². The first-order valence-corrected chi connectivity index (χ1v) is 8.34. The summed E-state index contributed by atoms with van der Waals surface area (Å²) in [5.41, 5.74) is 0.846. The first-order chi connectivity index (χ1) is 12.1. The van der Waals surface area contributed by atoms with Crippen molar-refractivity contribution in [3.8, 4) is 11.5 Å². The Morgan fingerprint density at radius 3 is 2.88 bits per heavy atom. The van der Waals surface area contributed by atoms with Crippen molar-refractivity contribution in [3.05, 3.63) is 34.4 Å². The standard InChI is InChI=1S/C17H21ClN4O3/c1-22-7-6-19-10-13(22)17-20-15(25-21-17)5-4-11-8-12(18)16(24-3)14(9-11)23-2/h4-5,8-9,13,19H,6-7,10H2,1-3H3/b5-4+. The molecule has 2 heterocycles. The highest BCUT2D eigenvalue weighted by Crippen LogP contribution is 2.36. The van der Waals surface area contributed by atoms with Crippen LogP contribution in [0.25, 0.3) is 12.2 Å². The summed E-state index contributed by atoms with van der Waals surface area (Å²) in [4.78, 5) is 6.67. The number of ether oxygens (including phenoxy) is 2. The van der Waals surface area contributed by atoms with Gasteiger partial charge in [-0.2, -0.15) is 4.98 Å². The highest BCUT2D eigenvalue weighted by atomic mass is 35.5. The molecule has 3 rings (SSSR count). The zero-order chi connectivity index (χ0) is 17.8. The van der Waals surface area contributed by atoms with E-state index in [0.717, 1.165) is 25.2 Å². The van der Waals surface area contributed by atoms with Gasteiger partial charge in [0.05, 0.1) is 25.3 Å². The molecule has 8 heteroatoms. The van der Waals surface area contributed by atoms with E-state index in [1.807, 2.05) is 12.1 Å². The molecule has 7 nitrogen and oxygen atoms in total. The summed E-state index contributed by atoms with van der Waals surface area (Å²) in [5.74, 6) is 2.20. The lowest BCUT2D eigenvalue weighted by molar-refractivity contribution is 0.190. The molecule has 25 heavy (non-hydrogen) atoms. The van der Waals surface area contributed by atoms with Gasteiger partial charge < -0.3 is 19.3 Å². The van der Waals surface area contributed by atoms with Gasteiger partial charge in [0.25, 0.3) is 5.89 Å². The molecular formula is C17H21ClN4O3. The molecule has 1 aliphatic heterocycles. The van der Waals surface area contributed by atoms with E-state index in [4.69, 9.17) is 25.6 Å². The Labute approximate surface area is 151 Å². The van der Waals surface area contributed by atoms with E-state index in [1.54, 1.807) is 26.4 Å². The maximum atomic E-state index is 6.21. The minimum atomic E-state index is 0.121. The molecule has 0 radical (unpaired) electrons. The first-order valence-electron chi connectivity index (χ1n) is 7.96. The molecule has 0 bridgehead atoms. The number of hydrogen-bond acceptors (Lipinski definition) is 7. The Morgan fingerprint density at radius 2 is 2.16 bits per heavy atom. The second-order valence-electron chi connectivity index (χ2n) is 5.76. The van der Waals surface area contributed by atoms with E-state index in [0.29, 0.717) is 28.2 Å². The van der Waals surface area contributed by atoms with Gasteiger partial charge >= 0.3 is 0 Å². The minimum absolute atomic E-state index is 0.121. The van der Waals surface area contributed by atoms with Crippen LogP contribution < -0.4 is 14.8 Å². The van der Waals surface area contributed by atoms with E-state index in [1.165, 1.54) is 0 Å². The van der Waals surface area contributed by atoms with E-state index < -0.39 is 0 Å². The number of aromatic nitrogens is 2. The summed E-state index contributed by atoms with van der Waals surface area (Å²) in [6, 6.07) is 3.74. The zero-order valence-corrected chi connectivity index (χ0v) is 15.2. The number of likely N-dealkylation sites (N-methyl/N-ethyl adjacent to an activating group) is 1. The summed E-state index contributed by atoms with van der Waals surface area (Å²) in [6.45, 7) is 2.73. The van der Waals surface area contributed by atoms with Crippen LogP contribution in [0.3, 0.4) is 0 Å². The van der Waals surface area contributed by atoms with Crippen LogP contribution in [0.5, 0.6) is 11.5 Å². The highest BCUT2D eigenvalue weighted by Gasteiger charge is 2.24. The van der Waals surface area contributed by atoms with E-state index >= 15 is 0 Å². The fraction of sp³-hybridized carbons (Fsp3) is 0.412. The van der Waals surface area contributed by atoms with Crippen molar-refractivity contribution in [2.24, 2.45) is 0 Å². The molecule has 134 valence electrons. The fourth-order valence-corrected chi connectivity index (χ4v) is 3.04. The Kier molecular flexibility index (Phi) is 5.57. The lowest BCUT2D eigenvalue weighted by Crippen LogP contribution is -2.44. The van der Waals surface area contributed by atoms with Gasteiger partial charge in [0.1, 0.15) is 0 Å². The van der Waals surface area contributed by atoms with Crippen LogP contribution in [0.2, 0.25) is 5.02 Å². The molecule has 1 aromatic heterocycles. The van der Waals surface area contributed by atoms with Crippen molar-refractivity contribution < 1.29 is 14.0 Å². The smallest absolute Gasteiger partial charge is 0.250 e. The van der Waals surface area contributed by atoms with Crippen molar-refractivity contribution >= 4 is 23.8 Å². The summed E-state index contributed by atoms with van der Waals surface area (Å²) in [5, 5.41) is 7.90. The Morgan fingerprint density at radius 1 is 1.32 bits per heavy atom. The Balaban J connectivity index is 1.77. The monoisotopic (exact) mass is 364 g/mol. The van der Waals surface area contributed by atoms with Gasteiger partial charge in [-0.15, -0.1) is 0 Å². The van der Waals surface area contributed by atoms with E-state index in [9.17, 15) is 0 Å². The number of rotatable bonds is 5. The molecular weight excluding hydrogens is 344 g/mol. The predicted octanol–water partition coefficient (Wildman–Crippen LogP) is 2.49. The lowest BCUT2D eigenvalue weighted by Gasteiger charge is -2.30. The maximum absolute atomic E-state index is 6.21. The molecule has 1 unspecified atom stereocenters. The van der Waals surface area contributed by atoms with Gasteiger partial charge in [0.15, 0.2) is 17.3 Å². The van der Waals surface area contributed by atoms with Crippen molar-refractivity contribution in [1.29, 1.82) is 0 Å². The van der Waals surface area contributed by atoms with Crippen molar-refractivity contribution in [3.63, 3.8) is 0 Å². The second-order valence-corrected chi connectivity index (χ2v) is 6.17. The van der Waals surface area contributed by atoms with Crippen LogP contribution in [0.4, 0.5) is 0 Å². The van der Waals surface area contributed by atoms with Gasteiger partial charge in [-0.3, -0.25) is 4.90 Å². The molecule has 1 aliphatic rings. The third-order valence-corrected chi connectivity index (χ3v) is 4.42. The molecule has 1 aromatic carbocycles. The van der Waals surface area contributed by atoms with E-state index in [-0.39, 0.29) is 6.04 Å². The summed E-state index contributed by atoms with van der Waals surface area (Å²) >= 11 is 6.21. The SMILES string of the molecule is COc1cc(/C=C/c2nc(C3CNCCN3C)no2)cc(Cl)c1OC. The average Bonchev–Trinajstić information content (AvgIpc) is 3.08. The van der Waals surface area contributed by atoms with Gasteiger partial charge in [-0.05, 0) is 30.8 Å². The van der Waals surface area contributed by atoms with Crippen molar-refractivity contribution in [2.75, 3.05) is 40.9 Å². The normalized spacial score (nSPS) is 18.6. The largest absolute Gasteiger partial charge is 0.493 e. The lowest BCUT2D eigenvalue weighted by atomic mass is 10.2. The molecule has 1 atom stereocenters. The third kappa shape index (κ3) is 3.95. The number of nitrogens with zero attached hydrogens (tertiary/aromatic N) is 3. The number of hydrogen-bond donors (Lipinski definition) is 1. The van der Waals surface area contributed by atoms with Crippen LogP contribution in [-0.2, 0) is 0 Å². The topological polar surface area (TPSA) is 72.7 Å². The number of piperazine rings is 1. The third-order valence-electron chi connectivity index (χ3n) is 4.14. The maximum Gasteiger partial charge on any atom is 0.250 e. The minimum Gasteiger partial charge on any atom is -0.493 e. The van der Waals surface area contributed by atoms with E-state index in [2.05, 4.69) is 27.4 Å². The van der Waals surface area contributed by atoms with Crippen molar-refractivity contribution in [2.45, 2.75) is 6.04 Å². The predicted molar refractivity (Wildman–Crippen MR) is 96.0 cm³/mol. The van der Waals surface area contributed by atoms with Gasteiger partial charge in [0, 0.05) is 25.7 Å². The van der Waals surface area contributed by atoms with Crippen LogP contribution in [0, 0.1) is 0 Å². The molecule has 0 aliphatic carbocycles. The summed E-state index contributed by atoms with van der Waals surface area (Å²) in [7, 11) is 5.18. The molecule has 0 spiro atoms. The Hall–Kier alpha value is -2.09. The van der Waals surface area contributed by atoms with Gasteiger partial charge in [0.2, 0.25) is 0 Å². The Bertz CT molecular complexity index is 762. The molecule has 1 saturated heterocycles. The first kappa shape index (κ1) is 17.7. The number of benzene rings is 1. The average molecular weight is 365 g/mol. The molecule has 2 aromatic rings. The molecule has 0 saturated carbocycles. The van der Waals surface area contributed by atoms with Gasteiger partial charge in [-0.25, -0.2) is 0 Å². The number of halogens is 1. The highest BCUT2D eigenvalue weighted by molar-refractivity contribution is 6.32. The number of methoxy groups -OCH3 is 2. The van der Waals surface area contributed by atoms with Crippen LogP contribution in [-0.4, -0.2) is 55.9 Å². The zero-order valence-electron chi connectivity index (χ0n) is 14.5. The fourth-order valence-electron chi connectivity index (χ4n) is 2.75. The van der Waals surface area contributed by atoms with Gasteiger partial charge in [-0.1, -0.05) is 16.8 Å². The second kappa shape index (κ2) is 7.86. The summed E-state index contributed by atoms with van der Waals surface area (Å²) < 4.78 is 15.9. The molecule has 1 fully saturated rings.